The Morgan fingerprint density at radius 3 is 1.32 bits per heavy atom. The number of hydrogen-bond acceptors (Lipinski definition) is 10. The quantitative estimate of drug-likeness (QED) is 0.120. The van der Waals surface area contributed by atoms with Gasteiger partial charge in [-0.15, -0.1) is 0 Å². The van der Waals surface area contributed by atoms with Crippen molar-refractivity contribution < 1.29 is 9.47 Å². The van der Waals surface area contributed by atoms with Gasteiger partial charge in [-0.25, -0.2) is 0 Å². The average molecular weight is 521 g/mol. The van der Waals surface area contributed by atoms with Crippen molar-refractivity contribution in [1.29, 1.82) is 0 Å². The van der Waals surface area contributed by atoms with Crippen molar-refractivity contribution in [2.75, 3.05) is 105 Å². The Morgan fingerprint density at radius 2 is 1.00 bits per heavy atom. The van der Waals surface area contributed by atoms with Gasteiger partial charge in [0.15, 0.2) is 0 Å². The predicted octanol–water partition coefficient (Wildman–Crippen LogP) is 0.163. The molecule has 0 radical (unpaired) electrons. The summed E-state index contributed by atoms with van der Waals surface area (Å²) >= 11 is 9.72. The lowest BCUT2D eigenvalue weighted by Gasteiger charge is -2.34. The van der Waals surface area contributed by atoms with E-state index in [0.717, 1.165) is 105 Å². The summed E-state index contributed by atoms with van der Waals surface area (Å²) in [7, 11) is 0. The molecule has 202 valence electrons. The fraction of sp³-hybridized carbons (Fsp3) is 1.00. The number of nitrogens with one attached hydrogen (secondary N) is 4. The molecule has 2 fully saturated rings. The molecule has 0 aromatic carbocycles. The summed E-state index contributed by atoms with van der Waals surface area (Å²) in [4.78, 5) is 4.92. The van der Waals surface area contributed by atoms with Crippen molar-refractivity contribution in [3.63, 3.8) is 0 Å². The van der Waals surface area contributed by atoms with Crippen LogP contribution < -0.4 is 21.3 Å². The molecule has 0 spiro atoms. The third kappa shape index (κ3) is 13.1. The highest BCUT2D eigenvalue weighted by Gasteiger charge is 2.27. The van der Waals surface area contributed by atoms with E-state index in [4.69, 9.17) is 34.7 Å². The van der Waals surface area contributed by atoms with Crippen LogP contribution in [0.1, 0.15) is 27.7 Å². The Hall–Kier alpha value is 0.380. The van der Waals surface area contributed by atoms with E-state index >= 15 is 0 Å². The van der Waals surface area contributed by atoms with Gasteiger partial charge in [-0.3, -0.25) is 9.80 Å². The minimum Gasteiger partial charge on any atom is -0.379 e. The van der Waals surface area contributed by atoms with E-state index in [9.17, 15) is 0 Å². The third-order valence-corrected chi connectivity index (χ3v) is 7.35. The summed E-state index contributed by atoms with van der Waals surface area (Å²) in [6, 6.07) is 0.577. The lowest BCUT2D eigenvalue weighted by molar-refractivity contribution is 0.0383. The number of rotatable bonds is 17. The van der Waals surface area contributed by atoms with Crippen molar-refractivity contribution in [2.24, 2.45) is 0 Å². The van der Waals surface area contributed by atoms with Gasteiger partial charge < -0.3 is 30.7 Å². The summed E-state index contributed by atoms with van der Waals surface area (Å²) in [5.74, 6) is 0. The topological polar surface area (TPSA) is 73.1 Å². The number of hydrogen-bond donors (Lipinski definition) is 6. The van der Waals surface area contributed by atoms with Gasteiger partial charge in [0.2, 0.25) is 0 Å². The first kappa shape index (κ1) is 30.6. The summed E-state index contributed by atoms with van der Waals surface area (Å²) in [6.45, 7) is 24.1. The Bertz CT molecular complexity index is 475. The van der Waals surface area contributed by atoms with Gasteiger partial charge in [0.25, 0.3) is 0 Å². The van der Waals surface area contributed by atoms with Crippen LogP contribution in [0.5, 0.6) is 0 Å². The monoisotopic (exact) mass is 520 g/mol. The van der Waals surface area contributed by atoms with Crippen LogP contribution in [-0.4, -0.2) is 136 Å². The van der Waals surface area contributed by atoms with Crippen LogP contribution in [0.25, 0.3) is 0 Å². The Kier molecular flexibility index (Phi) is 14.6. The van der Waals surface area contributed by atoms with Crippen molar-refractivity contribution in [2.45, 2.75) is 49.3 Å². The number of morpholine rings is 2. The molecule has 0 aromatic rings. The zero-order chi connectivity index (χ0) is 24.9. The smallest absolute Gasteiger partial charge is 0.0594 e. The van der Waals surface area contributed by atoms with Crippen LogP contribution in [0.4, 0.5) is 0 Å². The van der Waals surface area contributed by atoms with E-state index in [0.29, 0.717) is 0 Å². The second kappa shape index (κ2) is 16.3. The molecule has 34 heavy (non-hydrogen) atoms. The maximum Gasteiger partial charge on any atom is 0.0594 e. The minimum absolute atomic E-state index is 0.102. The Labute approximate surface area is 219 Å². The van der Waals surface area contributed by atoms with Gasteiger partial charge >= 0.3 is 0 Å². The highest BCUT2D eigenvalue weighted by molar-refractivity contribution is 7.82. The van der Waals surface area contributed by atoms with Gasteiger partial charge in [-0.2, -0.15) is 25.3 Å². The first-order valence-corrected chi connectivity index (χ1v) is 14.0. The van der Waals surface area contributed by atoms with Gasteiger partial charge in [-0.1, -0.05) is 0 Å². The van der Waals surface area contributed by atoms with E-state index in [2.05, 4.69) is 58.8 Å². The highest BCUT2D eigenvalue weighted by atomic mass is 32.1. The van der Waals surface area contributed by atoms with Crippen LogP contribution in [0.3, 0.4) is 0 Å². The second-order valence-electron chi connectivity index (χ2n) is 10.6. The second-order valence-corrected chi connectivity index (χ2v) is 12.9. The lowest BCUT2D eigenvalue weighted by atomic mass is 10.0. The van der Waals surface area contributed by atoms with Gasteiger partial charge in [0.05, 0.1) is 26.4 Å². The van der Waals surface area contributed by atoms with Gasteiger partial charge in [-0.05, 0) is 27.7 Å². The first-order valence-electron chi connectivity index (χ1n) is 13.1. The SMILES string of the molecule is CC(C)(S)C(CNCCN1CCOCC1)NCCNC(CNCCN1CCOCC1)C(C)(C)S. The van der Waals surface area contributed by atoms with E-state index < -0.39 is 0 Å². The number of nitrogens with zero attached hydrogens (tertiary/aromatic N) is 2. The molecule has 10 heteroatoms. The molecule has 8 nitrogen and oxygen atoms in total. The molecule has 0 aliphatic carbocycles. The number of thiol groups is 2. The summed E-state index contributed by atoms with van der Waals surface area (Å²) in [5, 5.41) is 14.7. The van der Waals surface area contributed by atoms with Crippen molar-refractivity contribution in [1.82, 2.24) is 31.1 Å². The van der Waals surface area contributed by atoms with Crippen molar-refractivity contribution >= 4 is 25.3 Å². The molecule has 2 aliphatic rings. The molecular formula is C24H52N6O2S2. The van der Waals surface area contributed by atoms with Gasteiger partial charge in [0, 0.05) is 100 Å². The summed E-state index contributed by atoms with van der Waals surface area (Å²) in [5.41, 5.74) is 0. The zero-order valence-corrected chi connectivity index (χ0v) is 23.9. The predicted molar refractivity (Wildman–Crippen MR) is 150 cm³/mol. The molecule has 2 unspecified atom stereocenters. The van der Waals surface area contributed by atoms with Crippen LogP contribution in [-0.2, 0) is 9.47 Å². The molecule has 2 heterocycles. The molecule has 0 bridgehead atoms. The summed E-state index contributed by atoms with van der Waals surface area (Å²) < 4.78 is 10.7. The Morgan fingerprint density at radius 1 is 0.647 bits per heavy atom. The van der Waals surface area contributed by atoms with E-state index in [-0.39, 0.29) is 21.6 Å². The van der Waals surface area contributed by atoms with Crippen LogP contribution in [0.15, 0.2) is 0 Å². The Balaban J connectivity index is 1.63. The van der Waals surface area contributed by atoms with E-state index in [1.165, 1.54) is 0 Å². The maximum absolute atomic E-state index is 5.43. The van der Waals surface area contributed by atoms with Crippen LogP contribution in [0, 0.1) is 0 Å². The molecule has 0 aromatic heterocycles. The lowest BCUT2D eigenvalue weighted by Crippen LogP contribution is -2.55. The van der Waals surface area contributed by atoms with Crippen LogP contribution in [0.2, 0.25) is 0 Å². The molecule has 0 amide bonds. The van der Waals surface area contributed by atoms with Crippen molar-refractivity contribution in [3.8, 4) is 0 Å². The fourth-order valence-electron chi connectivity index (χ4n) is 4.25. The normalized spacial score (nSPS) is 21.0. The van der Waals surface area contributed by atoms with E-state index in [1.807, 2.05) is 0 Å². The first-order chi connectivity index (χ1) is 16.2. The molecule has 2 aliphatic heterocycles. The maximum atomic E-state index is 5.43. The number of ether oxygens (including phenoxy) is 2. The van der Waals surface area contributed by atoms with Crippen molar-refractivity contribution in [3.05, 3.63) is 0 Å². The molecule has 2 rings (SSSR count). The molecule has 4 N–H and O–H groups in total. The molecular weight excluding hydrogens is 468 g/mol. The standard InChI is InChI=1S/C24H52N6O2S2/c1-23(2,33)21(19-25-7-9-29-11-15-31-16-12-29)27-5-6-28-22(24(3,4)34)20-26-8-10-30-13-17-32-18-14-30/h21-22,25-28,33-34H,5-20H2,1-4H3. The molecule has 2 saturated heterocycles. The third-order valence-electron chi connectivity index (χ3n) is 6.73. The fourth-order valence-corrected chi connectivity index (χ4v) is 4.62. The molecule has 0 saturated carbocycles. The summed E-state index contributed by atoms with van der Waals surface area (Å²) in [6.07, 6.45) is 0. The zero-order valence-electron chi connectivity index (χ0n) is 22.1. The highest BCUT2D eigenvalue weighted by Crippen LogP contribution is 2.18. The average Bonchev–Trinajstić information content (AvgIpc) is 2.79. The van der Waals surface area contributed by atoms with E-state index in [1.54, 1.807) is 0 Å². The van der Waals surface area contributed by atoms with Gasteiger partial charge in [0.1, 0.15) is 0 Å². The van der Waals surface area contributed by atoms with Crippen LogP contribution >= 0.6 is 25.3 Å². The molecule has 2 atom stereocenters. The minimum atomic E-state index is -0.102. The largest absolute Gasteiger partial charge is 0.379 e.